The Hall–Kier alpha value is -1.20. The molecule has 0 aliphatic heterocycles. The second-order valence-corrected chi connectivity index (χ2v) is 4.86. The van der Waals surface area contributed by atoms with Gasteiger partial charge in [0.1, 0.15) is 5.75 Å². The molecular weight excluding hydrogens is 252 g/mol. The van der Waals surface area contributed by atoms with Gasteiger partial charge >= 0.3 is 5.97 Å². The van der Waals surface area contributed by atoms with Crippen molar-refractivity contribution >= 4 is 17.7 Å². The third kappa shape index (κ3) is 3.92. The van der Waals surface area contributed by atoms with E-state index < -0.39 is 6.10 Å². The van der Waals surface area contributed by atoms with Crippen LogP contribution in [0, 0.1) is 0 Å². The molecule has 0 heterocycles. The highest BCUT2D eigenvalue weighted by Crippen LogP contribution is 2.34. The van der Waals surface area contributed by atoms with Crippen LogP contribution in [0.5, 0.6) is 5.75 Å². The second-order valence-electron chi connectivity index (χ2n) is 3.72. The molecule has 0 aliphatic carbocycles. The van der Waals surface area contributed by atoms with E-state index in [-0.39, 0.29) is 5.97 Å². The largest absolute Gasteiger partial charge is 0.496 e. The zero-order chi connectivity index (χ0) is 13.5. The minimum Gasteiger partial charge on any atom is -0.496 e. The maximum atomic E-state index is 11.0. The maximum Gasteiger partial charge on any atom is 0.306 e. The monoisotopic (exact) mass is 270 g/mol. The van der Waals surface area contributed by atoms with Gasteiger partial charge in [-0.3, -0.25) is 4.79 Å². The third-order valence-electron chi connectivity index (χ3n) is 2.46. The van der Waals surface area contributed by atoms with E-state index in [0.717, 1.165) is 10.5 Å². The van der Waals surface area contributed by atoms with Crippen LogP contribution in [0.3, 0.4) is 0 Å². The average molecular weight is 270 g/mol. The summed E-state index contributed by atoms with van der Waals surface area (Å²) >= 11 is 1.51. The molecule has 1 aromatic carbocycles. The fraction of sp³-hybridized carbons (Fsp3) is 0.462. The molecule has 0 fully saturated rings. The molecule has 0 bridgehead atoms. The van der Waals surface area contributed by atoms with E-state index in [9.17, 15) is 9.90 Å². The summed E-state index contributed by atoms with van der Waals surface area (Å²) in [6.07, 6.45) is -0.265. The van der Waals surface area contributed by atoms with Gasteiger partial charge in [-0.2, -0.15) is 0 Å². The predicted octanol–water partition coefficient (Wildman–Crippen LogP) is 2.40. The molecule has 1 rings (SSSR count). The van der Waals surface area contributed by atoms with Crippen molar-refractivity contribution in [2.45, 2.75) is 24.3 Å². The Labute approximate surface area is 111 Å². The first-order chi connectivity index (χ1) is 8.60. The molecule has 0 spiro atoms. The molecule has 4 nitrogen and oxygen atoms in total. The van der Waals surface area contributed by atoms with E-state index in [4.69, 9.17) is 4.74 Å². The van der Waals surface area contributed by atoms with Crippen molar-refractivity contribution in [1.29, 1.82) is 0 Å². The van der Waals surface area contributed by atoms with Crippen LogP contribution in [-0.4, -0.2) is 31.0 Å². The summed E-state index contributed by atoms with van der Waals surface area (Å²) in [7, 11) is 2.95. The number of benzene rings is 1. The van der Waals surface area contributed by atoms with Gasteiger partial charge in [0.05, 0.1) is 26.7 Å². The molecule has 0 saturated carbocycles. The van der Waals surface area contributed by atoms with Crippen molar-refractivity contribution in [3.63, 3.8) is 0 Å². The highest BCUT2D eigenvalue weighted by Gasteiger charge is 2.14. The van der Waals surface area contributed by atoms with Gasteiger partial charge in [0.15, 0.2) is 0 Å². The summed E-state index contributed by atoms with van der Waals surface area (Å²) in [5.74, 6) is 1.04. The molecule has 1 unspecified atom stereocenters. The Bertz CT molecular complexity index is 404. The molecule has 100 valence electrons. The zero-order valence-electron chi connectivity index (χ0n) is 10.8. The molecule has 0 amide bonds. The van der Waals surface area contributed by atoms with E-state index in [1.807, 2.05) is 18.2 Å². The smallest absolute Gasteiger partial charge is 0.306 e. The van der Waals surface area contributed by atoms with Crippen LogP contribution < -0.4 is 4.74 Å². The van der Waals surface area contributed by atoms with Gasteiger partial charge in [-0.15, -0.1) is 11.8 Å². The van der Waals surface area contributed by atoms with Crippen LogP contribution in [-0.2, 0) is 9.53 Å². The molecule has 1 atom stereocenters. The highest BCUT2D eigenvalue weighted by molar-refractivity contribution is 7.99. The molecule has 0 saturated heterocycles. The van der Waals surface area contributed by atoms with Crippen LogP contribution in [0.15, 0.2) is 23.1 Å². The fourth-order valence-electron chi connectivity index (χ4n) is 1.59. The van der Waals surface area contributed by atoms with Crippen LogP contribution in [0.1, 0.15) is 25.0 Å². The number of esters is 1. The molecule has 1 N–H and O–H groups in total. The van der Waals surface area contributed by atoms with Gasteiger partial charge in [0.25, 0.3) is 0 Å². The Balaban J connectivity index is 2.78. The SMILES string of the molecule is COC(=O)CCSc1cccc(OC)c1C(C)O. The van der Waals surface area contributed by atoms with E-state index >= 15 is 0 Å². The van der Waals surface area contributed by atoms with Crippen molar-refractivity contribution in [2.24, 2.45) is 0 Å². The summed E-state index contributed by atoms with van der Waals surface area (Å²) in [5, 5.41) is 9.79. The standard InChI is InChI=1S/C13H18O4S/c1-9(14)13-10(16-2)5-4-6-11(13)18-8-7-12(15)17-3/h4-6,9,14H,7-8H2,1-3H3. The summed E-state index contributed by atoms with van der Waals surface area (Å²) in [5.41, 5.74) is 0.759. The normalized spacial score (nSPS) is 12.0. The molecule has 0 aliphatic rings. The molecular formula is C13H18O4S. The Morgan fingerprint density at radius 2 is 2.17 bits per heavy atom. The second kappa shape index (κ2) is 7.28. The summed E-state index contributed by atoms with van der Waals surface area (Å²) in [6, 6.07) is 5.59. The van der Waals surface area contributed by atoms with Crippen molar-refractivity contribution in [3.8, 4) is 5.75 Å². The predicted molar refractivity (Wildman–Crippen MR) is 71.0 cm³/mol. The van der Waals surface area contributed by atoms with Crippen LogP contribution in [0.2, 0.25) is 0 Å². The van der Waals surface area contributed by atoms with E-state index in [2.05, 4.69) is 4.74 Å². The number of rotatable bonds is 6. The number of aliphatic hydroxyl groups excluding tert-OH is 1. The van der Waals surface area contributed by atoms with Crippen molar-refractivity contribution < 1.29 is 19.4 Å². The van der Waals surface area contributed by atoms with Crippen molar-refractivity contribution in [2.75, 3.05) is 20.0 Å². The number of methoxy groups -OCH3 is 2. The highest BCUT2D eigenvalue weighted by atomic mass is 32.2. The average Bonchev–Trinajstić information content (AvgIpc) is 2.37. The molecule has 5 heteroatoms. The lowest BCUT2D eigenvalue weighted by molar-refractivity contribution is -0.140. The van der Waals surface area contributed by atoms with Gasteiger partial charge in [-0.05, 0) is 19.1 Å². The van der Waals surface area contributed by atoms with Crippen molar-refractivity contribution in [1.82, 2.24) is 0 Å². The van der Waals surface area contributed by atoms with E-state index in [1.54, 1.807) is 14.0 Å². The number of carbonyl (C=O) groups is 1. The van der Waals surface area contributed by atoms with E-state index in [1.165, 1.54) is 18.9 Å². The molecule has 1 aromatic rings. The first-order valence-electron chi connectivity index (χ1n) is 5.64. The molecule has 18 heavy (non-hydrogen) atoms. The lowest BCUT2D eigenvalue weighted by Gasteiger charge is -2.15. The lowest BCUT2D eigenvalue weighted by Crippen LogP contribution is -2.02. The summed E-state index contributed by atoms with van der Waals surface area (Å²) in [6.45, 7) is 1.70. The summed E-state index contributed by atoms with van der Waals surface area (Å²) < 4.78 is 9.82. The van der Waals surface area contributed by atoms with Crippen LogP contribution in [0.25, 0.3) is 0 Å². The number of aliphatic hydroxyl groups is 1. The van der Waals surface area contributed by atoms with Gasteiger partial charge in [0.2, 0.25) is 0 Å². The minimum atomic E-state index is -0.609. The first-order valence-corrected chi connectivity index (χ1v) is 6.63. The number of ether oxygens (including phenoxy) is 2. The Kier molecular flexibility index (Phi) is 6.01. The Morgan fingerprint density at radius 1 is 1.44 bits per heavy atom. The maximum absolute atomic E-state index is 11.0. The lowest BCUT2D eigenvalue weighted by atomic mass is 10.1. The molecule has 0 radical (unpaired) electrons. The third-order valence-corrected chi connectivity index (χ3v) is 3.53. The van der Waals surface area contributed by atoms with E-state index in [0.29, 0.717) is 17.9 Å². The Morgan fingerprint density at radius 3 is 2.72 bits per heavy atom. The van der Waals surface area contributed by atoms with Gasteiger partial charge in [0, 0.05) is 16.2 Å². The zero-order valence-corrected chi connectivity index (χ0v) is 11.6. The first kappa shape index (κ1) is 14.9. The minimum absolute atomic E-state index is 0.232. The molecule has 0 aromatic heterocycles. The number of hydrogen-bond acceptors (Lipinski definition) is 5. The number of hydrogen-bond donors (Lipinski definition) is 1. The summed E-state index contributed by atoms with van der Waals surface area (Å²) in [4.78, 5) is 12.0. The van der Waals surface area contributed by atoms with Crippen molar-refractivity contribution in [3.05, 3.63) is 23.8 Å². The van der Waals surface area contributed by atoms with Gasteiger partial charge in [-0.25, -0.2) is 0 Å². The number of thioether (sulfide) groups is 1. The quantitative estimate of drug-likeness (QED) is 0.635. The van der Waals surface area contributed by atoms with Crippen LogP contribution in [0.4, 0.5) is 0 Å². The van der Waals surface area contributed by atoms with Crippen LogP contribution >= 0.6 is 11.8 Å². The number of carbonyl (C=O) groups excluding carboxylic acids is 1. The van der Waals surface area contributed by atoms with Gasteiger partial charge in [-0.1, -0.05) is 6.07 Å². The fourth-order valence-corrected chi connectivity index (χ4v) is 2.68. The topological polar surface area (TPSA) is 55.8 Å². The van der Waals surface area contributed by atoms with Gasteiger partial charge < -0.3 is 14.6 Å².